The van der Waals surface area contributed by atoms with Gasteiger partial charge in [0, 0.05) is 18.9 Å². The van der Waals surface area contributed by atoms with Crippen molar-refractivity contribution in [3.8, 4) is 0 Å². The lowest BCUT2D eigenvalue weighted by molar-refractivity contribution is 0.872. The Labute approximate surface area is 118 Å². The van der Waals surface area contributed by atoms with E-state index in [0.717, 1.165) is 17.1 Å². The number of anilines is 1. The van der Waals surface area contributed by atoms with Crippen LogP contribution < -0.4 is 10.6 Å². The average Bonchev–Trinajstić information content (AvgIpc) is 2.38. The second-order valence-corrected chi connectivity index (χ2v) is 4.80. The minimum atomic E-state index is 0.305. The number of pyridine rings is 2. The summed E-state index contributed by atoms with van der Waals surface area (Å²) in [6.07, 6.45) is 1.69. The predicted octanol–water partition coefficient (Wildman–Crippen LogP) is 2.06. The molecule has 2 aromatic heterocycles. The molecular formula is C14H16N4S. The van der Waals surface area contributed by atoms with Crippen LogP contribution in [0.25, 0.3) is 0 Å². The lowest BCUT2D eigenvalue weighted by atomic mass is 10.2. The van der Waals surface area contributed by atoms with E-state index >= 15 is 0 Å². The Balaban J connectivity index is 2.25. The summed E-state index contributed by atoms with van der Waals surface area (Å²) in [4.78, 5) is 11.1. The van der Waals surface area contributed by atoms with Crippen LogP contribution in [0.4, 0.5) is 5.69 Å². The third-order valence-electron chi connectivity index (χ3n) is 2.78. The van der Waals surface area contributed by atoms with Gasteiger partial charge in [-0.05, 0) is 31.2 Å². The fourth-order valence-corrected chi connectivity index (χ4v) is 2.07. The van der Waals surface area contributed by atoms with Crippen LogP contribution >= 0.6 is 12.2 Å². The number of aromatic nitrogens is 2. The van der Waals surface area contributed by atoms with Gasteiger partial charge in [0.05, 0.1) is 17.9 Å². The molecule has 4 nitrogen and oxygen atoms in total. The predicted molar refractivity (Wildman–Crippen MR) is 81.2 cm³/mol. The van der Waals surface area contributed by atoms with Crippen molar-refractivity contribution in [2.75, 3.05) is 11.9 Å². The van der Waals surface area contributed by atoms with Gasteiger partial charge in [0.2, 0.25) is 0 Å². The number of hydrogen-bond acceptors (Lipinski definition) is 4. The van der Waals surface area contributed by atoms with Crippen LogP contribution in [0.2, 0.25) is 0 Å². The summed E-state index contributed by atoms with van der Waals surface area (Å²) in [5.74, 6) is 0. The Bertz CT molecular complexity index is 598. The quantitative estimate of drug-likeness (QED) is 0.863. The second kappa shape index (κ2) is 5.75. The van der Waals surface area contributed by atoms with Gasteiger partial charge < -0.3 is 10.6 Å². The molecule has 98 valence electrons. The largest absolute Gasteiger partial charge is 0.388 e. The summed E-state index contributed by atoms with van der Waals surface area (Å²) in [6, 6.07) is 9.81. The SMILES string of the molecule is Cc1cccc(CN(C)c2cccnc2C(N)=S)n1. The van der Waals surface area contributed by atoms with E-state index in [0.29, 0.717) is 17.2 Å². The molecule has 0 aliphatic heterocycles. The highest BCUT2D eigenvalue weighted by Gasteiger charge is 2.11. The first kappa shape index (κ1) is 13.4. The molecule has 0 unspecified atom stereocenters. The smallest absolute Gasteiger partial charge is 0.124 e. The molecular weight excluding hydrogens is 256 g/mol. The van der Waals surface area contributed by atoms with Gasteiger partial charge in [-0.15, -0.1) is 0 Å². The van der Waals surface area contributed by atoms with Crippen LogP contribution in [0.15, 0.2) is 36.5 Å². The molecule has 5 heteroatoms. The zero-order valence-electron chi connectivity index (χ0n) is 11.0. The van der Waals surface area contributed by atoms with Crippen molar-refractivity contribution in [1.29, 1.82) is 0 Å². The molecule has 0 fully saturated rings. The maximum Gasteiger partial charge on any atom is 0.124 e. The minimum Gasteiger partial charge on any atom is -0.388 e. The van der Waals surface area contributed by atoms with Crippen molar-refractivity contribution in [1.82, 2.24) is 9.97 Å². The maximum atomic E-state index is 5.70. The number of nitrogens with two attached hydrogens (primary N) is 1. The summed E-state index contributed by atoms with van der Waals surface area (Å²) < 4.78 is 0. The fourth-order valence-electron chi connectivity index (χ4n) is 1.91. The standard InChI is InChI=1S/C14H16N4S/c1-10-5-3-6-11(17-10)9-18(2)12-7-4-8-16-13(12)14(15)19/h3-8H,9H2,1-2H3,(H2,15,19). The minimum absolute atomic E-state index is 0.305. The van der Waals surface area contributed by atoms with Crippen molar-refractivity contribution in [3.05, 3.63) is 53.6 Å². The summed E-state index contributed by atoms with van der Waals surface area (Å²) in [6.45, 7) is 2.66. The molecule has 2 heterocycles. The van der Waals surface area contributed by atoms with Gasteiger partial charge in [0.1, 0.15) is 10.7 Å². The third kappa shape index (κ3) is 3.26. The molecule has 0 aliphatic rings. The van der Waals surface area contributed by atoms with Gasteiger partial charge in [-0.1, -0.05) is 18.3 Å². The van der Waals surface area contributed by atoms with E-state index in [9.17, 15) is 0 Å². The Hall–Kier alpha value is -2.01. The number of hydrogen-bond donors (Lipinski definition) is 1. The Morgan fingerprint density at radius 2 is 2.11 bits per heavy atom. The highest BCUT2D eigenvalue weighted by atomic mass is 32.1. The number of rotatable bonds is 4. The lowest BCUT2D eigenvalue weighted by Crippen LogP contribution is -2.23. The zero-order chi connectivity index (χ0) is 13.8. The molecule has 0 aromatic carbocycles. The molecule has 2 N–H and O–H groups in total. The van der Waals surface area contributed by atoms with Gasteiger partial charge in [-0.3, -0.25) is 9.97 Å². The van der Waals surface area contributed by atoms with Gasteiger partial charge in [0.25, 0.3) is 0 Å². The fraction of sp³-hybridized carbons (Fsp3) is 0.214. The normalized spacial score (nSPS) is 10.2. The monoisotopic (exact) mass is 272 g/mol. The molecule has 19 heavy (non-hydrogen) atoms. The molecule has 0 saturated heterocycles. The van der Waals surface area contributed by atoms with Crippen molar-refractivity contribution < 1.29 is 0 Å². The van der Waals surface area contributed by atoms with E-state index in [1.165, 1.54) is 0 Å². The summed E-state index contributed by atoms with van der Waals surface area (Å²) in [5, 5.41) is 0. The molecule has 0 saturated carbocycles. The van der Waals surface area contributed by atoms with Crippen molar-refractivity contribution >= 4 is 22.9 Å². The van der Waals surface area contributed by atoms with E-state index in [-0.39, 0.29) is 0 Å². The summed E-state index contributed by atoms with van der Waals surface area (Å²) in [7, 11) is 1.98. The van der Waals surface area contributed by atoms with E-state index in [1.54, 1.807) is 6.20 Å². The topological polar surface area (TPSA) is 55.0 Å². The average molecular weight is 272 g/mol. The highest BCUT2D eigenvalue weighted by molar-refractivity contribution is 7.80. The summed E-state index contributed by atoms with van der Waals surface area (Å²) in [5.41, 5.74) is 9.26. The Morgan fingerprint density at radius 3 is 2.79 bits per heavy atom. The molecule has 0 radical (unpaired) electrons. The lowest BCUT2D eigenvalue weighted by Gasteiger charge is -2.21. The van der Waals surface area contributed by atoms with Gasteiger partial charge >= 0.3 is 0 Å². The number of aryl methyl sites for hydroxylation is 1. The maximum absolute atomic E-state index is 5.70. The first-order chi connectivity index (χ1) is 9.08. The molecule has 0 aliphatic carbocycles. The van der Waals surface area contributed by atoms with Crippen LogP contribution in [-0.4, -0.2) is 22.0 Å². The molecule has 0 atom stereocenters. The van der Waals surface area contributed by atoms with E-state index < -0.39 is 0 Å². The second-order valence-electron chi connectivity index (χ2n) is 4.36. The third-order valence-corrected chi connectivity index (χ3v) is 2.97. The van der Waals surface area contributed by atoms with Crippen LogP contribution in [0, 0.1) is 6.92 Å². The molecule has 2 rings (SSSR count). The van der Waals surface area contributed by atoms with E-state index in [4.69, 9.17) is 18.0 Å². The number of thiocarbonyl (C=S) groups is 1. The summed E-state index contributed by atoms with van der Waals surface area (Å²) >= 11 is 5.03. The van der Waals surface area contributed by atoms with Crippen molar-refractivity contribution in [2.24, 2.45) is 5.73 Å². The molecule has 0 bridgehead atoms. The van der Waals surface area contributed by atoms with Crippen LogP contribution in [0.3, 0.4) is 0 Å². The van der Waals surface area contributed by atoms with Crippen LogP contribution in [-0.2, 0) is 6.54 Å². The highest BCUT2D eigenvalue weighted by Crippen LogP contribution is 2.18. The van der Waals surface area contributed by atoms with Gasteiger partial charge in [-0.2, -0.15) is 0 Å². The van der Waals surface area contributed by atoms with Crippen molar-refractivity contribution in [2.45, 2.75) is 13.5 Å². The van der Waals surface area contributed by atoms with Crippen LogP contribution in [0.5, 0.6) is 0 Å². The molecule has 0 spiro atoms. The van der Waals surface area contributed by atoms with Gasteiger partial charge in [0.15, 0.2) is 0 Å². The first-order valence-corrected chi connectivity index (χ1v) is 6.37. The Kier molecular flexibility index (Phi) is 4.06. The molecule has 2 aromatic rings. The van der Waals surface area contributed by atoms with E-state index in [1.807, 2.05) is 49.2 Å². The first-order valence-electron chi connectivity index (χ1n) is 5.96. The molecule has 0 amide bonds. The zero-order valence-corrected chi connectivity index (χ0v) is 11.8. The van der Waals surface area contributed by atoms with E-state index in [2.05, 4.69) is 9.97 Å². The number of nitrogens with zero attached hydrogens (tertiary/aromatic N) is 3. The van der Waals surface area contributed by atoms with Crippen LogP contribution in [0.1, 0.15) is 17.1 Å². The van der Waals surface area contributed by atoms with Gasteiger partial charge in [-0.25, -0.2) is 0 Å². The van der Waals surface area contributed by atoms with Crippen molar-refractivity contribution in [3.63, 3.8) is 0 Å². The Morgan fingerprint density at radius 1 is 1.32 bits per heavy atom.